The largest absolute Gasteiger partial charge is 0.491 e. The maximum Gasteiger partial charge on any atom is 0.248 e. The zero-order valence-corrected chi connectivity index (χ0v) is 17.0. The Labute approximate surface area is 173 Å². The highest BCUT2D eigenvalue weighted by Crippen LogP contribution is 2.36. The number of amides is 1. The summed E-state index contributed by atoms with van der Waals surface area (Å²) in [6, 6.07) is 10.7. The summed E-state index contributed by atoms with van der Waals surface area (Å²) in [6.45, 7) is 4.04. The predicted octanol–water partition coefficient (Wildman–Crippen LogP) is 4.76. The van der Waals surface area contributed by atoms with Gasteiger partial charge < -0.3 is 19.3 Å². The highest BCUT2D eigenvalue weighted by Gasteiger charge is 2.13. The molecule has 0 saturated heterocycles. The third-order valence-electron chi connectivity index (χ3n) is 3.92. The number of methoxy groups -OCH3 is 1. The summed E-state index contributed by atoms with van der Waals surface area (Å²) in [7, 11) is 1.52. The molecule has 0 unspecified atom stereocenters. The number of para-hydroxylation sites is 1. The Balaban J connectivity index is 1.79. The van der Waals surface area contributed by atoms with E-state index in [1.807, 2.05) is 19.1 Å². The monoisotopic (exact) mass is 413 g/mol. The lowest BCUT2D eigenvalue weighted by Crippen LogP contribution is -2.09. The summed E-state index contributed by atoms with van der Waals surface area (Å²) in [6.07, 6.45) is 3.05. The van der Waals surface area contributed by atoms with Crippen molar-refractivity contribution in [2.24, 2.45) is 0 Å². The molecule has 0 saturated carbocycles. The molecule has 1 heterocycles. The van der Waals surface area contributed by atoms with Crippen LogP contribution in [0.4, 0.5) is 5.69 Å². The van der Waals surface area contributed by atoms with Gasteiger partial charge in [-0.1, -0.05) is 28.9 Å². The lowest BCUT2D eigenvalue weighted by atomic mass is 10.1. The average molecular weight is 414 g/mol. The lowest BCUT2D eigenvalue weighted by molar-refractivity contribution is -0.111. The molecule has 1 aromatic heterocycles. The average Bonchev–Trinajstić information content (AvgIpc) is 3.13. The van der Waals surface area contributed by atoms with Gasteiger partial charge in [0.25, 0.3) is 0 Å². The molecule has 0 bridgehead atoms. The second kappa shape index (κ2) is 9.25. The number of ether oxygens (including phenoxy) is 2. The number of anilines is 1. The minimum absolute atomic E-state index is 0.317. The van der Waals surface area contributed by atoms with E-state index in [0.717, 1.165) is 0 Å². The molecule has 0 atom stereocenters. The molecule has 150 valence electrons. The standard InChI is InChI=1S/C21H20ClN3O4/c1-4-28-18-12-14(11-16(22)20(18)27-3)9-10-19(26)24-17-8-6-5-7-15(17)21-23-13(2)29-25-21/h5-12H,4H2,1-3H3,(H,24,26)/b10-9+. The molecule has 0 aliphatic heterocycles. The normalized spacial score (nSPS) is 10.9. The number of nitrogens with one attached hydrogen (secondary N) is 1. The summed E-state index contributed by atoms with van der Waals surface area (Å²) < 4.78 is 15.8. The number of rotatable bonds is 7. The van der Waals surface area contributed by atoms with Gasteiger partial charge in [-0.2, -0.15) is 4.98 Å². The molecule has 3 aromatic rings. The molecule has 0 fully saturated rings. The molecule has 0 aliphatic rings. The number of carbonyl (C=O) groups excluding carboxylic acids is 1. The van der Waals surface area contributed by atoms with Crippen LogP contribution in [-0.2, 0) is 4.79 Å². The smallest absolute Gasteiger partial charge is 0.248 e. The number of nitrogens with zero attached hydrogens (tertiary/aromatic N) is 2. The van der Waals surface area contributed by atoms with Gasteiger partial charge in [0, 0.05) is 18.6 Å². The van der Waals surface area contributed by atoms with Crippen molar-refractivity contribution in [3.8, 4) is 22.9 Å². The Morgan fingerprint density at radius 1 is 1.31 bits per heavy atom. The van der Waals surface area contributed by atoms with Gasteiger partial charge in [-0.3, -0.25) is 4.79 Å². The third kappa shape index (κ3) is 4.94. The molecule has 7 nitrogen and oxygen atoms in total. The number of halogens is 1. The fourth-order valence-electron chi connectivity index (χ4n) is 2.69. The molecule has 2 aromatic carbocycles. The predicted molar refractivity (Wildman–Crippen MR) is 111 cm³/mol. The Hall–Kier alpha value is -3.32. The molecule has 1 amide bonds. The highest BCUT2D eigenvalue weighted by molar-refractivity contribution is 6.32. The van der Waals surface area contributed by atoms with Crippen LogP contribution in [0.5, 0.6) is 11.5 Å². The van der Waals surface area contributed by atoms with Gasteiger partial charge in [0.15, 0.2) is 11.5 Å². The first-order chi connectivity index (χ1) is 14.0. The van der Waals surface area contributed by atoms with Crippen molar-refractivity contribution in [3.05, 3.63) is 59.0 Å². The molecular weight excluding hydrogens is 394 g/mol. The number of aryl methyl sites for hydroxylation is 1. The van der Waals surface area contributed by atoms with Crippen LogP contribution in [0.2, 0.25) is 5.02 Å². The minimum atomic E-state index is -0.317. The van der Waals surface area contributed by atoms with Crippen LogP contribution in [0.25, 0.3) is 17.5 Å². The van der Waals surface area contributed by atoms with Crippen LogP contribution in [0.1, 0.15) is 18.4 Å². The molecule has 29 heavy (non-hydrogen) atoms. The summed E-state index contributed by atoms with van der Waals surface area (Å²) in [5.74, 6) is 1.51. The van der Waals surface area contributed by atoms with Crippen molar-refractivity contribution < 1.29 is 18.8 Å². The van der Waals surface area contributed by atoms with E-state index in [1.54, 1.807) is 37.3 Å². The second-order valence-electron chi connectivity index (χ2n) is 5.97. The molecule has 0 spiro atoms. The third-order valence-corrected chi connectivity index (χ3v) is 4.20. The van der Waals surface area contributed by atoms with Crippen LogP contribution in [0, 0.1) is 6.92 Å². The first-order valence-electron chi connectivity index (χ1n) is 8.91. The number of carbonyl (C=O) groups is 1. The maximum atomic E-state index is 12.4. The SMILES string of the molecule is CCOc1cc(/C=C/C(=O)Nc2ccccc2-c2noc(C)n2)cc(Cl)c1OC. The van der Waals surface area contributed by atoms with Gasteiger partial charge in [0.1, 0.15) is 0 Å². The van der Waals surface area contributed by atoms with Gasteiger partial charge in [-0.15, -0.1) is 0 Å². The van der Waals surface area contributed by atoms with Crippen LogP contribution < -0.4 is 14.8 Å². The Bertz CT molecular complexity index is 1050. The second-order valence-corrected chi connectivity index (χ2v) is 6.38. The number of hydrogen-bond acceptors (Lipinski definition) is 6. The number of hydrogen-bond donors (Lipinski definition) is 1. The molecular formula is C21H20ClN3O4. The van der Waals surface area contributed by atoms with Gasteiger partial charge in [0.05, 0.1) is 24.4 Å². The van der Waals surface area contributed by atoms with Gasteiger partial charge in [0.2, 0.25) is 17.6 Å². The van der Waals surface area contributed by atoms with Crippen molar-refractivity contribution >= 4 is 29.3 Å². The van der Waals surface area contributed by atoms with Crippen LogP contribution in [-0.4, -0.2) is 29.8 Å². The molecule has 0 radical (unpaired) electrons. The van der Waals surface area contributed by atoms with Crippen molar-refractivity contribution in [3.63, 3.8) is 0 Å². The van der Waals surface area contributed by atoms with Gasteiger partial charge in [-0.25, -0.2) is 0 Å². The Morgan fingerprint density at radius 3 is 2.79 bits per heavy atom. The van der Waals surface area contributed by atoms with Crippen LogP contribution in [0.3, 0.4) is 0 Å². The zero-order chi connectivity index (χ0) is 20.8. The van der Waals surface area contributed by atoms with Gasteiger partial charge >= 0.3 is 0 Å². The maximum absolute atomic E-state index is 12.4. The Kier molecular flexibility index (Phi) is 6.51. The van der Waals surface area contributed by atoms with Gasteiger partial charge in [-0.05, 0) is 42.8 Å². The quantitative estimate of drug-likeness (QED) is 0.562. The lowest BCUT2D eigenvalue weighted by Gasteiger charge is -2.11. The highest BCUT2D eigenvalue weighted by atomic mass is 35.5. The topological polar surface area (TPSA) is 86.5 Å². The fraction of sp³-hybridized carbons (Fsp3) is 0.190. The summed E-state index contributed by atoms with van der Waals surface area (Å²) in [5, 5.41) is 7.13. The summed E-state index contributed by atoms with van der Waals surface area (Å²) >= 11 is 6.24. The van der Waals surface area contributed by atoms with Crippen molar-refractivity contribution in [2.45, 2.75) is 13.8 Å². The van der Waals surface area contributed by atoms with Crippen LogP contribution >= 0.6 is 11.6 Å². The zero-order valence-electron chi connectivity index (χ0n) is 16.2. The number of benzene rings is 2. The molecule has 3 rings (SSSR count). The van der Waals surface area contributed by atoms with E-state index >= 15 is 0 Å². The summed E-state index contributed by atoms with van der Waals surface area (Å²) in [5.41, 5.74) is 1.94. The number of aromatic nitrogens is 2. The fourth-order valence-corrected chi connectivity index (χ4v) is 2.98. The Morgan fingerprint density at radius 2 is 2.10 bits per heavy atom. The molecule has 0 aliphatic carbocycles. The van der Waals surface area contributed by atoms with E-state index in [-0.39, 0.29) is 5.91 Å². The van der Waals surface area contributed by atoms with E-state index in [0.29, 0.717) is 51.7 Å². The van der Waals surface area contributed by atoms with Crippen molar-refractivity contribution in [1.29, 1.82) is 0 Å². The van der Waals surface area contributed by atoms with E-state index in [4.69, 9.17) is 25.6 Å². The van der Waals surface area contributed by atoms with Crippen molar-refractivity contribution in [1.82, 2.24) is 10.1 Å². The molecule has 1 N–H and O–H groups in total. The summed E-state index contributed by atoms with van der Waals surface area (Å²) in [4.78, 5) is 16.7. The van der Waals surface area contributed by atoms with E-state index < -0.39 is 0 Å². The first-order valence-corrected chi connectivity index (χ1v) is 9.28. The van der Waals surface area contributed by atoms with E-state index in [9.17, 15) is 4.79 Å². The minimum Gasteiger partial charge on any atom is -0.491 e. The van der Waals surface area contributed by atoms with E-state index in [1.165, 1.54) is 13.2 Å². The van der Waals surface area contributed by atoms with Crippen LogP contribution in [0.15, 0.2) is 47.0 Å². The molecule has 8 heteroatoms. The van der Waals surface area contributed by atoms with E-state index in [2.05, 4.69) is 15.5 Å². The van der Waals surface area contributed by atoms with Crippen molar-refractivity contribution in [2.75, 3.05) is 19.0 Å². The first kappa shape index (κ1) is 20.4.